The summed E-state index contributed by atoms with van der Waals surface area (Å²) in [5, 5.41) is 11.0. The van der Waals surface area contributed by atoms with Gasteiger partial charge >= 0.3 is 6.18 Å². The maximum Gasteiger partial charge on any atom is 0.433 e. The second-order valence-corrected chi connectivity index (χ2v) is 7.87. The molecule has 1 aromatic carbocycles. The molecule has 0 aliphatic heterocycles. The van der Waals surface area contributed by atoms with Gasteiger partial charge in [0.25, 0.3) is 5.91 Å². The molecular formula is C19H13BrClF3N6O. The van der Waals surface area contributed by atoms with E-state index in [1.165, 1.54) is 6.07 Å². The van der Waals surface area contributed by atoms with Crippen LogP contribution in [0.15, 0.2) is 47.1 Å². The molecule has 0 unspecified atom stereocenters. The summed E-state index contributed by atoms with van der Waals surface area (Å²) >= 11 is 9.17. The first-order chi connectivity index (χ1) is 14.6. The molecule has 3 heterocycles. The zero-order chi connectivity index (χ0) is 22.3. The Labute approximate surface area is 187 Å². The summed E-state index contributed by atoms with van der Waals surface area (Å²) in [5.41, 5.74) is -0.115. The smallest absolute Gasteiger partial charge is 0.345 e. The van der Waals surface area contributed by atoms with Crippen LogP contribution in [0.5, 0.6) is 0 Å². The standard InChI is InChI=1S/C19H13BrClF3N6O/c1-29-15(12(20)8-26-29)9-25-18(31)14-7-17-27-13(10-2-4-11(21)5-3-10)6-16(19(22,23)24)30(17)28-14/h2-8H,9H2,1H3,(H,25,31). The van der Waals surface area contributed by atoms with E-state index in [-0.39, 0.29) is 23.6 Å². The number of nitrogens with one attached hydrogen (secondary N) is 1. The molecule has 4 rings (SSSR count). The molecule has 160 valence electrons. The molecule has 0 saturated heterocycles. The Hall–Kier alpha value is -2.92. The lowest BCUT2D eigenvalue weighted by Crippen LogP contribution is -2.25. The number of aromatic nitrogens is 5. The maximum atomic E-state index is 13.7. The topological polar surface area (TPSA) is 77.1 Å². The van der Waals surface area contributed by atoms with Gasteiger partial charge in [-0.3, -0.25) is 9.48 Å². The molecule has 4 aromatic rings. The summed E-state index contributed by atoms with van der Waals surface area (Å²) in [7, 11) is 1.70. The summed E-state index contributed by atoms with van der Waals surface area (Å²) in [4.78, 5) is 16.8. The van der Waals surface area contributed by atoms with Crippen molar-refractivity contribution in [3.05, 3.63) is 69.2 Å². The number of benzene rings is 1. The fourth-order valence-corrected chi connectivity index (χ4v) is 3.56. The third-order valence-electron chi connectivity index (χ3n) is 4.52. The molecular weight excluding hydrogens is 501 g/mol. The van der Waals surface area contributed by atoms with E-state index in [2.05, 4.69) is 36.4 Å². The van der Waals surface area contributed by atoms with Gasteiger partial charge in [-0.15, -0.1) is 0 Å². The number of aryl methyl sites for hydroxylation is 1. The molecule has 0 fully saturated rings. The number of hydrogen-bond acceptors (Lipinski definition) is 4. The Balaban J connectivity index is 1.71. The van der Waals surface area contributed by atoms with E-state index in [0.29, 0.717) is 25.3 Å². The molecule has 0 atom stereocenters. The summed E-state index contributed by atoms with van der Waals surface area (Å²) in [5.74, 6) is -0.639. The number of amides is 1. The molecule has 0 aliphatic carbocycles. The lowest BCUT2D eigenvalue weighted by atomic mass is 10.1. The minimum absolute atomic E-state index is 0.0853. The van der Waals surface area contributed by atoms with Gasteiger partial charge in [0, 0.05) is 23.7 Å². The Morgan fingerprint density at radius 2 is 1.94 bits per heavy atom. The molecule has 0 spiro atoms. The number of hydrogen-bond donors (Lipinski definition) is 1. The molecule has 1 N–H and O–H groups in total. The molecule has 0 radical (unpaired) electrons. The van der Waals surface area contributed by atoms with Crippen molar-refractivity contribution in [2.45, 2.75) is 12.7 Å². The van der Waals surface area contributed by atoms with Crippen molar-refractivity contribution in [1.82, 2.24) is 29.7 Å². The normalized spacial score (nSPS) is 11.8. The lowest BCUT2D eigenvalue weighted by Gasteiger charge is -2.11. The Bertz CT molecular complexity index is 1260. The van der Waals surface area contributed by atoms with Crippen molar-refractivity contribution in [2.75, 3.05) is 0 Å². The van der Waals surface area contributed by atoms with Crippen LogP contribution in [0.4, 0.5) is 13.2 Å². The van der Waals surface area contributed by atoms with Crippen LogP contribution in [0.25, 0.3) is 16.9 Å². The second-order valence-electron chi connectivity index (χ2n) is 6.58. The fraction of sp³-hybridized carbons (Fsp3) is 0.158. The molecule has 31 heavy (non-hydrogen) atoms. The van der Waals surface area contributed by atoms with Crippen LogP contribution in [-0.4, -0.2) is 30.3 Å². The molecule has 7 nitrogen and oxygen atoms in total. The fourth-order valence-electron chi connectivity index (χ4n) is 2.95. The number of carbonyl (C=O) groups excluding carboxylic acids is 1. The van der Waals surface area contributed by atoms with Crippen molar-refractivity contribution >= 4 is 39.1 Å². The highest BCUT2D eigenvalue weighted by molar-refractivity contribution is 9.10. The Morgan fingerprint density at radius 1 is 1.23 bits per heavy atom. The molecule has 1 amide bonds. The summed E-state index contributed by atoms with van der Waals surface area (Å²) in [6.07, 6.45) is -3.13. The first-order valence-electron chi connectivity index (χ1n) is 8.82. The first-order valence-corrected chi connectivity index (χ1v) is 9.99. The monoisotopic (exact) mass is 512 g/mol. The van der Waals surface area contributed by atoms with Crippen molar-refractivity contribution in [2.24, 2.45) is 7.05 Å². The first kappa shape index (κ1) is 21.3. The average Bonchev–Trinajstić information content (AvgIpc) is 3.28. The highest BCUT2D eigenvalue weighted by Gasteiger charge is 2.35. The van der Waals surface area contributed by atoms with E-state index in [0.717, 1.165) is 6.07 Å². The number of halogens is 5. The average molecular weight is 514 g/mol. The second kappa shape index (κ2) is 7.97. The number of fused-ring (bicyclic) bond motifs is 1. The van der Waals surface area contributed by atoms with Crippen LogP contribution < -0.4 is 5.32 Å². The van der Waals surface area contributed by atoms with Crippen molar-refractivity contribution in [3.63, 3.8) is 0 Å². The Morgan fingerprint density at radius 3 is 2.55 bits per heavy atom. The van der Waals surface area contributed by atoms with E-state index in [4.69, 9.17) is 11.6 Å². The van der Waals surface area contributed by atoms with Gasteiger partial charge in [0.05, 0.1) is 28.6 Å². The van der Waals surface area contributed by atoms with Crippen LogP contribution in [0.3, 0.4) is 0 Å². The molecule has 12 heteroatoms. The van der Waals surface area contributed by atoms with Crippen LogP contribution >= 0.6 is 27.5 Å². The zero-order valence-electron chi connectivity index (χ0n) is 15.8. The predicted molar refractivity (Wildman–Crippen MR) is 111 cm³/mol. The van der Waals surface area contributed by atoms with Crippen molar-refractivity contribution in [1.29, 1.82) is 0 Å². The highest BCUT2D eigenvalue weighted by Crippen LogP contribution is 2.32. The lowest BCUT2D eigenvalue weighted by molar-refractivity contribution is -0.142. The molecule has 0 aliphatic rings. The number of nitrogens with zero attached hydrogens (tertiary/aromatic N) is 5. The SMILES string of the molecule is Cn1ncc(Br)c1CNC(=O)c1cc2nc(-c3ccc(Cl)cc3)cc(C(F)(F)F)n2n1. The molecule has 0 saturated carbocycles. The van der Waals surface area contributed by atoms with E-state index in [9.17, 15) is 18.0 Å². The van der Waals surface area contributed by atoms with Gasteiger partial charge in [-0.05, 0) is 34.1 Å². The number of rotatable bonds is 4. The minimum atomic E-state index is -4.71. The molecule has 3 aromatic heterocycles. The highest BCUT2D eigenvalue weighted by atomic mass is 79.9. The zero-order valence-corrected chi connectivity index (χ0v) is 18.1. The van der Waals surface area contributed by atoms with Gasteiger partial charge in [0.1, 0.15) is 0 Å². The van der Waals surface area contributed by atoms with Crippen LogP contribution in [0.2, 0.25) is 5.02 Å². The number of carbonyl (C=O) groups is 1. The van der Waals surface area contributed by atoms with Gasteiger partial charge in [-0.25, -0.2) is 9.50 Å². The van der Waals surface area contributed by atoms with E-state index < -0.39 is 17.8 Å². The van der Waals surface area contributed by atoms with Crippen LogP contribution in [0.1, 0.15) is 21.9 Å². The van der Waals surface area contributed by atoms with Gasteiger partial charge in [0.15, 0.2) is 17.0 Å². The summed E-state index contributed by atoms with van der Waals surface area (Å²) < 4.78 is 43.9. The van der Waals surface area contributed by atoms with Gasteiger partial charge in [-0.2, -0.15) is 23.4 Å². The van der Waals surface area contributed by atoms with Crippen LogP contribution in [-0.2, 0) is 19.8 Å². The largest absolute Gasteiger partial charge is 0.433 e. The maximum absolute atomic E-state index is 13.7. The third-order valence-corrected chi connectivity index (χ3v) is 5.43. The van der Waals surface area contributed by atoms with E-state index >= 15 is 0 Å². The van der Waals surface area contributed by atoms with Gasteiger partial charge in [-0.1, -0.05) is 23.7 Å². The van der Waals surface area contributed by atoms with Gasteiger partial charge < -0.3 is 5.32 Å². The van der Waals surface area contributed by atoms with Crippen molar-refractivity contribution in [3.8, 4) is 11.3 Å². The minimum Gasteiger partial charge on any atom is -0.345 e. The predicted octanol–water partition coefficient (Wildman–Crippen LogP) is 4.49. The van der Waals surface area contributed by atoms with Crippen LogP contribution in [0, 0.1) is 0 Å². The summed E-state index contributed by atoms with van der Waals surface area (Å²) in [6, 6.07) is 8.35. The Kier molecular flexibility index (Phi) is 5.48. The third kappa shape index (κ3) is 4.28. The quantitative estimate of drug-likeness (QED) is 0.436. The van der Waals surface area contributed by atoms with Crippen molar-refractivity contribution < 1.29 is 18.0 Å². The van der Waals surface area contributed by atoms with E-state index in [1.54, 1.807) is 42.2 Å². The van der Waals surface area contributed by atoms with E-state index in [1.807, 2.05) is 0 Å². The molecule has 0 bridgehead atoms. The summed E-state index contributed by atoms with van der Waals surface area (Å²) in [6.45, 7) is 0.110. The number of alkyl halides is 3. The van der Waals surface area contributed by atoms with Gasteiger partial charge in [0.2, 0.25) is 0 Å².